The van der Waals surface area contributed by atoms with Gasteiger partial charge in [0.1, 0.15) is 0 Å². The predicted molar refractivity (Wildman–Crippen MR) is 94.2 cm³/mol. The Hall–Kier alpha value is -3.22. The van der Waals surface area contributed by atoms with Crippen LogP contribution in [0.2, 0.25) is 0 Å². The smallest absolute Gasteiger partial charge is 0.266 e. The van der Waals surface area contributed by atoms with E-state index in [0.717, 1.165) is 11.1 Å². The van der Waals surface area contributed by atoms with Crippen LogP contribution >= 0.6 is 0 Å². The van der Waals surface area contributed by atoms with Crippen molar-refractivity contribution in [2.75, 3.05) is 5.32 Å². The molecule has 0 aliphatic heterocycles. The Morgan fingerprint density at radius 1 is 1.19 bits per heavy atom. The number of aromatic nitrogens is 2. The van der Waals surface area contributed by atoms with Crippen molar-refractivity contribution in [2.24, 2.45) is 0 Å². The number of para-hydroxylation sites is 1. The van der Waals surface area contributed by atoms with E-state index in [1.807, 2.05) is 31.2 Å². The van der Waals surface area contributed by atoms with Crippen LogP contribution < -0.4 is 10.1 Å². The van der Waals surface area contributed by atoms with Gasteiger partial charge in [0, 0.05) is 5.56 Å². The lowest BCUT2D eigenvalue weighted by atomic mass is 10.1. The van der Waals surface area contributed by atoms with Crippen molar-refractivity contribution in [1.29, 1.82) is 0 Å². The van der Waals surface area contributed by atoms with Crippen LogP contribution in [-0.2, 0) is 4.79 Å². The number of anilines is 1. The Balaban J connectivity index is 1.76. The Morgan fingerprint density at radius 3 is 2.62 bits per heavy atom. The van der Waals surface area contributed by atoms with E-state index in [-0.39, 0.29) is 11.6 Å². The van der Waals surface area contributed by atoms with E-state index in [0.29, 0.717) is 12.1 Å². The minimum atomic E-state index is -0.880. The van der Waals surface area contributed by atoms with Crippen LogP contribution in [0, 0.1) is 12.7 Å². The molecule has 0 bridgehead atoms. The summed E-state index contributed by atoms with van der Waals surface area (Å²) in [5.74, 6) is -0.775. The van der Waals surface area contributed by atoms with E-state index < -0.39 is 17.8 Å². The van der Waals surface area contributed by atoms with Crippen molar-refractivity contribution in [3.63, 3.8) is 0 Å². The van der Waals surface area contributed by atoms with Gasteiger partial charge in [-0.3, -0.25) is 4.79 Å². The van der Waals surface area contributed by atoms with Gasteiger partial charge in [0.05, 0.1) is 0 Å². The van der Waals surface area contributed by atoms with Crippen molar-refractivity contribution < 1.29 is 18.6 Å². The quantitative estimate of drug-likeness (QED) is 0.724. The van der Waals surface area contributed by atoms with Crippen molar-refractivity contribution in [3.8, 4) is 17.0 Å². The highest BCUT2D eigenvalue weighted by Gasteiger charge is 2.23. The molecule has 7 heteroatoms. The fourth-order valence-corrected chi connectivity index (χ4v) is 2.38. The van der Waals surface area contributed by atoms with Crippen molar-refractivity contribution >= 4 is 11.7 Å². The number of benzene rings is 2. The molecule has 0 spiro atoms. The Labute approximate surface area is 149 Å². The van der Waals surface area contributed by atoms with Gasteiger partial charge in [-0.2, -0.15) is 0 Å². The Morgan fingerprint density at radius 2 is 1.92 bits per heavy atom. The van der Waals surface area contributed by atoms with Gasteiger partial charge in [0.25, 0.3) is 5.91 Å². The number of hydrogen-bond acceptors (Lipinski definition) is 5. The van der Waals surface area contributed by atoms with Crippen molar-refractivity contribution in [3.05, 3.63) is 59.9 Å². The summed E-state index contributed by atoms with van der Waals surface area (Å²) in [5.41, 5.74) is 2.27. The van der Waals surface area contributed by atoms with E-state index in [4.69, 9.17) is 9.37 Å². The largest absolute Gasteiger partial charge is 0.478 e. The van der Waals surface area contributed by atoms with Crippen LogP contribution in [0.25, 0.3) is 11.3 Å². The van der Waals surface area contributed by atoms with E-state index in [2.05, 4.69) is 15.6 Å². The van der Waals surface area contributed by atoms with E-state index in [1.165, 1.54) is 12.1 Å². The molecule has 1 atom stereocenters. The molecular formula is C19H18FN3O3. The highest BCUT2D eigenvalue weighted by Crippen LogP contribution is 2.25. The van der Waals surface area contributed by atoms with Gasteiger partial charge in [-0.15, -0.1) is 0 Å². The number of amides is 1. The molecule has 0 unspecified atom stereocenters. The number of nitrogens with zero attached hydrogens (tertiary/aromatic N) is 2. The molecule has 6 nitrogen and oxygen atoms in total. The van der Waals surface area contributed by atoms with Crippen LogP contribution in [0.1, 0.15) is 18.9 Å². The van der Waals surface area contributed by atoms with E-state index in [1.54, 1.807) is 19.1 Å². The molecular weight excluding hydrogens is 337 g/mol. The zero-order valence-corrected chi connectivity index (χ0v) is 14.4. The fourth-order valence-electron chi connectivity index (χ4n) is 2.38. The highest BCUT2D eigenvalue weighted by molar-refractivity contribution is 5.96. The molecule has 3 rings (SSSR count). The number of nitrogens with one attached hydrogen (secondary N) is 1. The number of rotatable bonds is 6. The molecule has 2 aromatic carbocycles. The van der Waals surface area contributed by atoms with Crippen LogP contribution in [0.15, 0.2) is 53.2 Å². The average Bonchev–Trinajstić information content (AvgIpc) is 3.09. The summed E-state index contributed by atoms with van der Waals surface area (Å²) in [6.07, 6.45) is -0.528. The first-order valence-electron chi connectivity index (χ1n) is 8.20. The Kier molecular flexibility index (Phi) is 5.26. The number of hydrogen-bond donors (Lipinski definition) is 1. The second-order valence-corrected chi connectivity index (χ2v) is 5.76. The molecule has 0 saturated carbocycles. The molecule has 1 heterocycles. The van der Waals surface area contributed by atoms with Crippen molar-refractivity contribution in [2.45, 2.75) is 26.4 Å². The lowest BCUT2D eigenvalue weighted by Crippen LogP contribution is -2.32. The predicted octanol–water partition coefficient (Wildman–Crippen LogP) is 3.98. The Bertz CT molecular complexity index is 893. The number of halogens is 1. The van der Waals surface area contributed by atoms with Gasteiger partial charge >= 0.3 is 0 Å². The fraction of sp³-hybridized carbons (Fsp3) is 0.211. The van der Waals surface area contributed by atoms with Crippen molar-refractivity contribution in [1.82, 2.24) is 10.3 Å². The number of carbonyl (C=O) groups excluding carboxylic acids is 1. The molecule has 3 aromatic rings. The van der Waals surface area contributed by atoms with Gasteiger partial charge in [-0.25, -0.2) is 9.02 Å². The lowest BCUT2D eigenvalue weighted by Gasteiger charge is -2.17. The minimum Gasteiger partial charge on any atom is -0.478 e. The summed E-state index contributed by atoms with van der Waals surface area (Å²) in [5, 5.41) is 10.2. The highest BCUT2D eigenvalue weighted by atomic mass is 19.1. The van der Waals surface area contributed by atoms with Gasteiger partial charge in [0.15, 0.2) is 23.4 Å². The maximum absolute atomic E-state index is 13.8. The van der Waals surface area contributed by atoms with Crippen LogP contribution in [0.5, 0.6) is 5.75 Å². The summed E-state index contributed by atoms with van der Waals surface area (Å²) in [6, 6.07) is 13.5. The van der Waals surface area contributed by atoms with Gasteiger partial charge in [-0.1, -0.05) is 48.9 Å². The third-order valence-corrected chi connectivity index (χ3v) is 3.82. The van der Waals surface area contributed by atoms with Crippen LogP contribution in [0.3, 0.4) is 0 Å². The molecule has 0 saturated heterocycles. The van der Waals surface area contributed by atoms with E-state index >= 15 is 0 Å². The summed E-state index contributed by atoms with van der Waals surface area (Å²) < 4.78 is 24.0. The zero-order valence-electron chi connectivity index (χ0n) is 14.4. The zero-order chi connectivity index (χ0) is 18.5. The molecule has 1 amide bonds. The topological polar surface area (TPSA) is 77.2 Å². The molecule has 26 heavy (non-hydrogen) atoms. The summed E-state index contributed by atoms with van der Waals surface area (Å²) >= 11 is 0. The third-order valence-electron chi connectivity index (χ3n) is 3.82. The molecule has 1 N–H and O–H groups in total. The van der Waals surface area contributed by atoms with Crippen LogP contribution in [0.4, 0.5) is 10.2 Å². The first kappa shape index (κ1) is 17.6. The maximum Gasteiger partial charge on any atom is 0.266 e. The summed E-state index contributed by atoms with van der Waals surface area (Å²) in [7, 11) is 0. The minimum absolute atomic E-state index is 0.0199. The normalized spacial score (nSPS) is 11.8. The average molecular weight is 355 g/mol. The second kappa shape index (κ2) is 7.77. The second-order valence-electron chi connectivity index (χ2n) is 5.76. The van der Waals surface area contributed by atoms with Gasteiger partial charge < -0.3 is 10.1 Å². The molecule has 134 valence electrons. The maximum atomic E-state index is 13.8. The SMILES string of the molecule is CC[C@H](Oc1ccccc1F)C(=O)Nc1nonc1-c1ccc(C)cc1. The number of aryl methyl sites for hydroxylation is 1. The van der Waals surface area contributed by atoms with Gasteiger partial charge in [0.2, 0.25) is 5.82 Å². The van der Waals surface area contributed by atoms with Crippen LogP contribution in [-0.4, -0.2) is 22.3 Å². The number of carbonyl (C=O) groups is 1. The molecule has 0 radical (unpaired) electrons. The lowest BCUT2D eigenvalue weighted by molar-refractivity contribution is -0.122. The first-order valence-corrected chi connectivity index (χ1v) is 8.20. The number of ether oxygens (including phenoxy) is 1. The monoisotopic (exact) mass is 355 g/mol. The molecule has 0 aliphatic carbocycles. The molecule has 1 aromatic heterocycles. The third kappa shape index (κ3) is 3.88. The van der Waals surface area contributed by atoms with Gasteiger partial charge in [-0.05, 0) is 35.8 Å². The standard InChI is InChI=1S/C19H18FN3O3/c1-3-15(25-16-7-5-4-6-14(16)20)19(24)21-18-17(22-26-23-18)13-10-8-12(2)9-11-13/h4-11,15H,3H2,1-2H3,(H,21,23,24)/t15-/m0/s1. The molecule has 0 aliphatic rings. The molecule has 0 fully saturated rings. The first-order chi connectivity index (χ1) is 12.6. The summed E-state index contributed by atoms with van der Waals surface area (Å²) in [6.45, 7) is 3.74. The summed E-state index contributed by atoms with van der Waals surface area (Å²) in [4.78, 5) is 12.5. The van der Waals surface area contributed by atoms with E-state index in [9.17, 15) is 9.18 Å².